The smallest absolute Gasteiger partial charge is 0.407 e. The van der Waals surface area contributed by atoms with E-state index in [9.17, 15) is 4.79 Å². The highest BCUT2D eigenvalue weighted by Gasteiger charge is 2.00. The molecule has 0 unspecified atom stereocenters. The molecule has 1 heterocycles. The van der Waals surface area contributed by atoms with Crippen LogP contribution in [0.25, 0.3) is 0 Å². The van der Waals surface area contributed by atoms with Crippen molar-refractivity contribution in [1.82, 2.24) is 15.3 Å². The lowest BCUT2D eigenvalue weighted by Crippen LogP contribution is -2.24. The van der Waals surface area contributed by atoms with Gasteiger partial charge in [-0.3, -0.25) is 0 Å². The van der Waals surface area contributed by atoms with E-state index in [0.29, 0.717) is 13.2 Å². The molecule has 0 saturated heterocycles. The predicted octanol–water partition coefficient (Wildman–Crippen LogP) is 1.05. The topological polar surface area (TPSA) is 67.0 Å². The van der Waals surface area contributed by atoms with Gasteiger partial charge in [0.2, 0.25) is 0 Å². The van der Waals surface area contributed by atoms with E-state index < -0.39 is 6.09 Å². The zero-order chi connectivity index (χ0) is 9.52. The molecule has 0 atom stereocenters. The average molecular weight is 183 g/mol. The van der Waals surface area contributed by atoms with Crippen molar-refractivity contribution in [3.8, 4) is 0 Å². The third-order valence-corrected chi connectivity index (χ3v) is 1.42. The van der Waals surface area contributed by atoms with Gasteiger partial charge in [0.25, 0.3) is 0 Å². The van der Waals surface area contributed by atoms with Gasteiger partial charge in [-0.05, 0) is 6.42 Å². The lowest BCUT2D eigenvalue weighted by molar-refractivity contribution is 0.145. The van der Waals surface area contributed by atoms with Crippen molar-refractivity contribution in [1.29, 1.82) is 0 Å². The van der Waals surface area contributed by atoms with Crippen LogP contribution in [0.4, 0.5) is 4.79 Å². The van der Waals surface area contributed by atoms with Gasteiger partial charge in [-0.2, -0.15) is 0 Å². The van der Waals surface area contributed by atoms with Gasteiger partial charge in [-0.25, -0.2) is 9.78 Å². The van der Waals surface area contributed by atoms with Crippen LogP contribution in [0.1, 0.15) is 19.0 Å². The van der Waals surface area contributed by atoms with Crippen molar-refractivity contribution in [2.45, 2.75) is 19.9 Å². The summed E-state index contributed by atoms with van der Waals surface area (Å²) >= 11 is 0. The number of H-pyrrole nitrogens is 1. The first-order chi connectivity index (χ1) is 6.33. The third-order valence-electron chi connectivity index (χ3n) is 1.42. The van der Waals surface area contributed by atoms with E-state index in [4.69, 9.17) is 4.74 Å². The Morgan fingerprint density at radius 2 is 2.62 bits per heavy atom. The van der Waals surface area contributed by atoms with Crippen molar-refractivity contribution in [2.24, 2.45) is 0 Å². The number of carbonyl (C=O) groups excluding carboxylic acids is 1. The Balaban J connectivity index is 2.15. The minimum atomic E-state index is -0.392. The Bertz CT molecular complexity index is 246. The van der Waals surface area contributed by atoms with Crippen molar-refractivity contribution in [3.63, 3.8) is 0 Å². The first-order valence-corrected chi connectivity index (χ1v) is 4.20. The van der Waals surface area contributed by atoms with Crippen molar-refractivity contribution < 1.29 is 9.53 Å². The number of hydrogen-bond donors (Lipinski definition) is 2. The number of amides is 1. The highest BCUT2D eigenvalue weighted by molar-refractivity contribution is 5.66. The second-order valence-electron chi connectivity index (χ2n) is 2.57. The molecule has 5 nitrogen and oxygen atoms in total. The second kappa shape index (κ2) is 5.18. The number of aromatic amines is 1. The molecule has 0 aliphatic carbocycles. The standard InChI is InChI=1S/C8H13N3O2/c1-2-3-13-8(12)10-5-7-4-9-6-11-7/h4,6H,2-3,5H2,1H3,(H,9,11)(H,10,12). The van der Waals surface area contributed by atoms with E-state index in [0.717, 1.165) is 12.1 Å². The van der Waals surface area contributed by atoms with Gasteiger partial charge in [0.1, 0.15) is 0 Å². The summed E-state index contributed by atoms with van der Waals surface area (Å²) in [5.41, 5.74) is 0.855. The van der Waals surface area contributed by atoms with Crippen LogP contribution < -0.4 is 5.32 Å². The molecule has 0 spiro atoms. The number of imidazole rings is 1. The molecule has 1 aromatic heterocycles. The van der Waals surface area contributed by atoms with Crippen LogP contribution in [0.3, 0.4) is 0 Å². The molecule has 0 radical (unpaired) electrons. The lowest BCUT2D eigenvalue weighted by Gasteiger charge is -2.03. The third kappa shape index (κ3) is 3.59. The predicted molar refractivity (Wildman–Crippen MR) is 47.1 cm³/mol. The van der Waals surface area contributed by atoms with Gasteiger partial charge >= 0.3 is 6.09 Å². The molecular formula is C8H13N3O2. The van der Waals surface area contributed by atoms with Gasteiger partial charge < -0.3 is 15.0 Å². The van der Waals surface area contributed by atoms with Crippen LogP contribution in [0.2, 0.25) is 0 Å². The largest absolute Gasteiger partial charge is 0.450 e. The van der Waals surface area contributed by atoms with Gasteiger partial charge in [0.05, 0.1) is 25.2 Å². The number of hydrogen-bond acceptors (Lipinski definition) is 3. The number of rotatable bonds is 4. The fourth-order valence-corrected chi connectivity index (χ4v) is 0.795. The van der Waals surface area contributed by atoms with Gasteiger partial charge in [-0.15, -0.1) is 0 Å². The molecule has 0 fully saturated rings. The fraction of sp³-hybridized carbons (Fsp3) is 0.500. The monoisotopic (exact) mass is 183 g/mol. The zero-order valence-electron chi connectivity index (χ0n) is 7.54. The Hall–Kier alpha value is -1.52. The second-order valence-corrected chi connectivity index (χ2v) is 2.57. The Morgan fingerprint density at radius 1 is 1.77 bits per heavy atom. The quantitative estimate of drug-likeness (QED) is 0.733. The number of alkyl carbamates (subject to hydrolysis) is 1. The summed E-state index contributed by atoms with van der Waals surface area (Å²) in [5.74, 6) is 0. The minimum Gasteiger partial charge on any atom is -0.450 e. The average Bonchev–Trinajstić information content (AvgIpc) is 2.64. The summed E-state index contributed by atoms with van der Waals surface area (Å²) in [6, 6.07) is 0. The van der Waals surface area contributed by atoms with Crippen LogP contribution in [-0.2, 0) is 11.3 Å². The molecule has 1 amide bonds. The van der Waals surface area contributed by atoms with Crippen LogP contribution >= 0.6 is 0 Å². The summed E-state index contributed by atoms with van der Waals surface area (Å²) in [7, 11) is 0. The molecule has 72 valence electrons. The normalized spacial score (nSPS) is 9.62. The van der Waals surface area contributed by atoms with Crippen LogP contribution in [0, 0.1) is 0 Å². The first kappa shape index (κ1) is 9.57. The molecule has 0 bridgehead atoms. The summed E-state index contributed by atoms with van der Waals surface area (Å²) in [5, 5.41) is 2.59. The SMILES string of the molecule is CCCOC(=O)NCc1cnc[nH]1. The van der Waals surface area contributed by atoms with Crippen LogP contribution in [-0.4, -0.2) is 22.7 Å². The van der Waals surface area contributed by atoms with Gasteiger partial charge in [0.15, 0.2) is 0 Å². The summed E-state index contributed by atoms with van der Waals surface area (Å²) in [6.45, 7) is 2.82. The number of aromatic nitrogens is 2. The molecule has 0 saturated carbocycles. The van der Waals surface area contributed by atoms with E-state index in [1.807, 2.05) is 6.92 Å². The number of nitrogens with one attached hydrogen (secondary N) is 2. The molecule has 0 aliphatic rings. The van der Waals surface area contributed by atoms with Crippen LogP contribution in [0.15, 0.2) is 12.5 Å². The Morgan fingerprint density at radius 3 is 3.23 bits per heavy atom. The molecule has 1 rings (SSSR count). The van der Waals surface area contributed by atoms with Crippen molar-refractivity contribution in [2.75, 3.05) is 6.61 Å². The maximum Gasteiger partial charge on any atom is 0.407 e. The number of carbonyl (C=O) groups is 1. The molecule has 5 heteroatoms. The first-order valence-electron chi connectivity index (χ1n) is 4.20. The molecule has 0 aromatic carbocycles. The lowest BCUT2D eigenvalue weighted by atomic mass is 10.5. The van der Waals surface area contributed by atoms with Crippen molar-refractivity contribution in [3.05, 3.63) is 18.2 Å². The highest BCUT2D eigenvalue weighted by atomic mass is 16.5. The molecule has 1 aromatic rings. The minimum absolute atomic E-state index is 0.392. The molecule has 13 heavy (non-hydrogen) atoms. The van der Waals surface area contributed by atoms with Crippen molar-refractivity contribution >= 4 is 6.09 Å². The van der Waals surface area contributed by atoms with E-state index in [2.05, 4.69) is 15.3 Å². The van der Waals surface area contributed by atoms with E-state index in [1.54, 1.807) is 12.5 Å². The van der Waals surface area contributed by atoms with Gasteiger partial charge in [0, 0.05) is 6.20 Å². The maximum atomic E-state index is 10.9. The zero-order valence-corrected chi connectivity index (χ0v) is 7.54. The summed E-state index contributed by atoms with van der Waals surface area (Å²) in [6.07, 6.45) is 3.66. The highest BCUT2D eigenvalue weighted by Crippen LogP contribution is 1.90. The number of ether oxygens (including phenoxy) is 1. The molecular weight excluding hydrogens is 170 g/mol. The number of nitrogens with zero attached hydrogens (tertiary/aromatic N) is 1. The van der Waals surface area contributed by atoms with Gasteiger partial charge in [-0.1, -0.05) is 6.92 Å². The van der Waals surface area contributed by atoms with Crippen LogP contribution in [0.5, 0.6) is 0 Å². The summed E-state index contributed by atoms with van der Waals surface area (Å²) in [4.78, 5) is 17.6. The van der Waals surface area contributed by atoms with E-state index in [-0.39, 0.29) is 0 Å². The van der Waals surface area contributed by atoms with E-state index >= 15 is 0 Å². The Kier molecular flexibility index (Phi) is 3.81. The molecule has 2 N–H and O–H groups in total. The summed E-state index contributed by atoms with van der Waals surface area (Å²) < 4.78 is 4.81. The molecule has 0 aliphatic heterocycles. The fourth-order valence-electron chi connectivity index (χ4n) is 0.795. The van der Waals surface area contributed by atoms with E-state index in [1.165, 1.54) is 0 Å². The Labute approximate surface area is 76.5 Å². The maximum absolute atomic E-state index is 10.9.